The Morgan fingerprint density at radius 2 is 1.86 bits per heavy atom. The van der Waals surface area contributed by atoms with E-state index in [1.807, 2.05) is 5.32 Å². The highest BCUT2D eigenvalue weighted by molar-refractivity contribution is 9.10. The van der Waals surface area contributed by atoms with E-state index in [-0.39, 0.29) is 6.54 Å². The summed E-state index contributed by atoms with van der Waals surface area (Å²) in [6.45, 7) is -0.0696. The zero-order valence-electron chi connectivity index (χ0n) is 11.5. The molecule has 1 aromatic carbocycles. The molecule has 0 aromatic heterocycles. The second-order valence-electron chi connectivity index (χ2n) is 4.16. The number of rotatable bonds is 6. The van der Waals surface area contributed by atoms with Crippen LogP contribution in [0, 0.1) is 0 Å². The lowest BCUT2D eigenvalue weighted by Gasteiger charge is -2.13. The number of amides is 1. The monoisotopic (exact) mass is 369 g/mol. The molecule has 0 heterocycles. The highest BCUT2D eigenvalue weighted by Crippen LogP contribution is 2.33. The third-order valence-electron chi connectivity index (χ3n) is 2.72. The number of aryl methyl sites for hydroxylation is 1. The molecule has 0 aliphatic rings. The van der Waals surface area contributed by atoms with Crippen LogP contribution in [0.3, 0.4) is 0 Å². The minimum Gasteiger partial charge on any atom is -0.496 e. The maximum atomic E-state index is 12.0. The molecule has 0 spiro atoms. The number of alkyl halides is 3. The van der Waals surface area contributed by atoms with Gasteiger partial charge in [-0.25, -0.2) is 0 Å². The molecule has 1 N–H and O–H groups in total. The minimum atomic E-state index is -4.85. The normalized spacial score (nSPS) is 11.1. The van der Waals surface area contributed by atoms with Gasteiger partial charge in [0, 0.05) is 6.54 Å². The summed E-state index contributed by atoms with van der Waals surface area (Å²) in [4.78, 5) is 10.7. The number of methoxy groups -OCH3 is 2. The van der Waals surface area contributed by atoms with Crippen LogP contribution in [0.2, 0.25) is 0 Å². The third-order valence-corrected chi connectivity index (χ3v) is 3.34. The van der Waals surface area contributed by atoms with Gasteiger partial charge < -0.3 is 14.8 Å². The minimum absolute atomic E-state index is 0.0696. The molecule has 0 aliphatic heterocycles. The van der Waals surface area contributed by atoms with Crippen molar-refractivity contribution in [3.63, 3.8) is 0 Å². The Balaban J connectivity index is 2.61. The lowest BCUT2D eigenvalue weighted by atomic mass is 10.1. The third kappa shape index (κ3) is 5.11. The van der Waals surface area contributed by atoms with Crippen LogP contribution in [0.25, 0.3) is 0 Å². The summed E-state index contributed by atoms with van der Waals surface area (Å²) < 4.78 is 47.1. The van der Waals surface area contributed by atoms with Crippen molar-refractivity contribution in [2.24, 2.45) is 0 Å². The van der Waals surface area contributed by atoms with E-state index in [2.05, 4.69) is 15.9 Å². The predicted octanol–water partition coefficient (Wildman–Crippen LogP) is 3.08. The van der Waals surface area contributed by atoms with Crippen LogP contribution >= 0.6 is 15.9 Å². The lowest BCUT2D eigenvalue weighted by Crippen LogP contribution is -2.37. The van der Waals surface area contributed by atoms with Gasteiger partial charge in [0.15, 0.2) is 0 Å². The summed E-state index contributed by atoms with van der Waals surface area (Å²) in [6, 6.07) is 3.47. The number of benzene rings is 1. The second-order valence-corrected chi connectivity index (χ2v) is 5.01. The van der Waals surface area contributed by atoms with E-state index >= 15 is 0 Å². The van der Waals surface area contributed by atoms with Gasteiger partial charge in [0.2, 0.25) is 0 Å². The molecule has 0 unspecified atom stereocenters. The summed E-state index contributed by atoms with van der Waals surface area (Å²) in [5.41, 5.74) is 0.791. The van der Waals surface area contributed by atoms with Crippen molar-refractivity contribution in [1.82, 2.24) is 5.32 Å². The van der Waals surface area contributed by atoms with Crippen molar-refractivity contribution in [2.75, 3.05) is 20.8 Å². The van der Waals surface area contributed by atoms with E-state index in [0.29, 0.717) is 24.3 Å². The Morgan fingerprint density at radius 3 is 2.38 bits per heavy atom. The average molecular weight is 370 g/mol. The van der Waals surface area contributed by atoms with Gasteiger partial charge in [-0.1, -0.05) is 0 Å². The zero-order valence-corrected chi connectivity index (χ0v) is 13.1. The van der Waals surface area contributed by atoms with Crippen LogP contribution in [-0.2, 0) is 11.2 Å². The Kier molecular flexibility index (Phi) is 6.32. The van der Waals surface area contributed by atoms with Gasteiger partial charge in [0.25, 0.3) is 0 Å². The largest absolute Gasteiger partial charge is 0.496 e. The molecular weight excluding hydrogens is 355 g/mol. The number of hydrogen-bond donors (Lipinski definition) is 1. The van der Waals surface area contributed by atoms with Crippen LogP contribution in [0.1, 0.15) is 12.0 Å². The summed E-state index contributed by atoms with van der Waals surface area (Å²) in [6.07, 6.45) is -4.05. The smallest absolute Gasteiger partial charge is 0.471 e. The molecule has 0 bridgehead atoms. The van der Waals surface area contributed by atoms with Crippen molar-refractivity contribution in [1.29, 1.82) is 0 Å². The second kappa shape index (κ2) is 7.53. The van der Waals surface area contributed by atoms with Gasteiger partial charge in [-0.3, -0.25) is 4.79 Å². The van der Waals surface area contributed by atoms with E-state index in [0.717, 1.165) is 10.0 Å². The van der Waals surface area contributed by atoms with Gasteiger partial charge in [0.05, 0.1) is 18.7 Å². The van der Waals surface area contributed by atoms with Crippen LogP contribution < -0.4 is 14.8 Å². The maximum absolute atomic E-state index is 12.0. The van der Waals surface area contributed by atoms with Crippen LogP contribution in [-0.4, -0.2) is 32.8 Å². The molecule has 0 radical (unpaired) electrons. The van der Waals surface area contributed by atoms with Gasteiger partial charge in [-0.2, -0.15) is 13.2 Å². The molecule has 0 saturated carbocycles. The molecule has 0 atom stereocenters. The van der Waals surface area contributed by atoms with Gasteiger partial charge in [0.1, 0.15) is 11.5 Å². The van der Waals surface area contributed by atoms with Gasteiger partial charge >= 0.3 is 12.1 Å². The predicted molar refractivity (Wildman–Crippen MR) is 74.6 cm³/mol. The Morgan fingerprint density at radius 1 is 1.24 bits per heavy atom. The topological polar surface area (TPSA) is 47.6 Å². The van der Waals surface area contributed by atoms with Crippen molar-refractivity contribution in [3.05, 3.63) is 22.2 Å². The Bertz CT molecular complexity index is 506. The number of nitrogens with one attached hydrogen (secondary N) is 1. The molecule has 0 aliphatic carbocycles. The first-order valence-electron chi connectivity index (χ1n) is 6.05. The van der Waals surface area contributed by atoms with E-state index in [1.54, 1.807) is 12.1 Å². The van der Waals surface area contributed by atoms with Crippen molar-refractivity contribution in [2.45, 2.75) is 19.0 Å². The molecular formula is C13H15BrF3NO3. The molecule has 4 nitrogen and oxygen atoms in total. The van der Waals surface area contributed by atoms with Crippen LogP contribution in [0.5, 0.6) is 11.5 Å². The number of ether oxygens (including phenoxy) is 2. The number of carbonyl (C=O) groups is 1. The van der Waals surface area contributed by atoms with Crippen LogP contribution in [0.4, 0.5) is 13.2 Å². The summed E-state index contributed by atoms with van der Waals surface area (Å²) in [7, 11) is 3.02. The zero-order chi connectivity index (χ0) is 16.0. The van der Waals surface area contributed by atoms with E-state index < -0.39 is 12.1 Å². The van der Waals surface area contributed by atoms with E-state index in [4.69, 9.17) is 9.47 Å². The number of hydrogen-bond acceptors (Lipinski definition) is 3. The van der Waals surface area contributed by atoms with E-state index in [1.165, 1.54) is 14.2 Å². The molecule has 0 fully saturated rings. The highest BCUT2D eigenvalue weighted by Gasteiger charge is 2.38. The van der Waals surface area contributed by atoms with Gasteiger partial charge in [-0.15, -0.1) is 0 Å². The fraction of sp³-hybridized carbons (Fsp3) is 0.462. The first-order valence-corrected chi connectivity index (χ1v) is 6.84. The molecule has 0 saturated heterocycles. The molecule has 21 heavy (non-hydrogen) atoms. The number of carbonyl (C=O) groups excluding carboxylic acids is 1. The number of halogens is 4. The summed E-state index contributed by atoms with van der Waals surface area (Å²) in [5, 5.41) is 1.83. The van der Waals surface area contributed by atoms with Crippen LogP contribution in [0.15, 0.2) is 16.6 Å². The lowest BCUT2D eigenvalue weighted by molar-refractivity contribution is -0.173. The fourth-order valence-electron chi connectivity index (χ4n) is 1.70. The van der Waals surface area contributed by atoms with Crippen molar-refractivity contribution < 1.29 is 27.4 Å². The average Bonchev–Trinajstić information content (AvgIpc) is 2.42. The SMILES string of the molecule is COc1cc(CCCNC(=O)C(F)(F)F)c(OC)cc1Br. The molecule has 8 heteroatoms. The van der Waals surface area contributed by atoms with Gasteiger partial charge in [-0.05, 0) is 46.5 Å². The van der Waals surface area contributed by atoms with Crippen molar-refractivity contribution in [3.8, 4) is 11.5 Å². The summed E-state index contributed by atoms with van der Waals surface area (Å²) in [5.74, 6) is -0.724. The Labute approximate surface area is 128 Å². The fourth-order valence-corrected chi connectivity index (χ4v) is 2.18. The molecule has 1 amide bonds. The quantitative estimate of drug-likeness (QED) is 0.783. The maximum Gasteiger partial charge on any atom is 0.471 e. The molecule has 118 valence electrons. The molecule has 1 aromatic rings. The molecule has 1 rings (SSSR count). The first-order chi connectivity index (χ1) is 9.79. The standard InChI is InChI=1S/C13H15BrF3NO3/c1-20-10-7-9(14)11(21-2)6-8(10)4-3-5-18-12(19)13(15,16)17/h6-7H,3-5H2,1-2H3,(H,18,19). The van der Waals surface area contributed by atoms with E-state index in [9.17, 15) is 18.0 Å². The first kappa shape index (κ1) is 17.6. The highest BCUT2D eigenvalue weighted by atomic mass is 79.9. The summed E-state index contributed by atoms with van der Waals surface area (Å²) >= 11 is 3.32. The van der Waals surface area contributed by atoms with Crippen molar-refractivity contribution >= 4 is 21.8 Å². The Hall–Kier alpha value is -1.44.